The van der Waals surface area contributed by atoms with Gasteiger partial charge in [0.25, 0.3) is 0 Å². The Morgan fingerprint density at radius 1 is 0.167 bits per heavy atom. The van der Waals surface area contributed by atoms with Crippen molar-refractivity contribution in [2.45, 2.75) is 0 Å². The van der Waals surface area contributed by atoms with Crippen LogP contribution in [0.3, 0.4) is 0 Å². The zero-order chi connectivity index (χ0) is 35.6. The van der Waals surface area contributed by atoms with Gasteiger partial charge in [0, 0.05) is 0 Å². The van der Waals surface area contributed by atoms with Crippen molar-refractivity contribution < 1.29 is 0 Å². The molecule has 0 atom stereocenters. The van der Waals surface area contributed by atoms with E-state index < -0.39 is 0 Å². The normalized spacial score (nSPS) is 11.7. The Morgan fingerprint density at radius 2 is 0.574 bits per heavy atom. The molecule has 0 bridgehead atoms. The van der Waals surface area contributed by atoms with Crippen LogP contribution in [0.15, 0.2) is 206 Å². The molecule has 11 aromatic carbocycles. The predicted octanol–water partition coefficient (Wildman–Crippen LogP) is 15.3. The van der Waals surface area contributed by atoms with Crippen molar-refractivity contribution in [1.29, 1.82) is 0 Å². The maximum atomic E-state index is 2.39. The van der Waals surface area contributed by atoms with E-state index in [1.165, 1.54) is 109 Å². The highest BCUT2D eigenvalue weighted by atomic mass is 14.2. The van der Waals surface area contributed by atoms with Gasteiger partial charge in [0.15, 0.2) is 0 Å². The Balaban J connectivity index is 1.01. The maximum absolute atomic E-state index is 2.39. The van der Waals surface area contributed by atoms with Gasteiger partial charge in [0.2, 0.25) is 0 Å². The fraction of sp³-hybridized carbons (Fsp3) is 0. The fourth-order valence-electron chi connectivity index (χ4n) is 8.72. The second kappa shape index (κ2) is 12.3. The Kier molecular flexibility index (Phi) is 6.97. The fourth-order valence-corrected chi connectivity index (χ4v) is 8.72. The highest BCUT2D eigenvalue weighted by Gasteiger charge is 2.13. The van der Waals surface area contributed by atoms with E-state index in [0.29, 0.717) is 0 Å². The minimum absolute atomic E-state index is 1.22. The Hall–Kier alpha value is -7.02. The summed E-state index contributed by atoms with van der Waals surface area (Å²) in [6, 6.07) is 76.1. The molecule has 0 N–H and O–H groups in total. The van der Waals surface area contributed by atoms with Gasteiger partial charge in [-0.05, 0) is 146 Å². The second-order valence-corrected chi connectivity index (χ2v) is 14.5. The quantitative estimate of drug-likeness (QED) is 0.162. The van der Waals surface area contributed by atoms with E-state index in [0.717, 1.165) is 0 Å². The monoisotopic (exact) mass is 682 g/mol. The number of fused-ring (bicyclic) bond motifs is 10. The minimum atomic E-state index is 1.22. The summed E-state index contributed by atoms with van der Waals surface area (Å²) in [5, 5.41) is 15.4. The molecule has 0 heterocycles. The summed E-state index contributed by atoms with van der Waals surface area (Å²) < 4.78 is 0. The van der Waals surface area contributed by atoms with Gasteiger partial charge in [-0.25, -0.2) is 0 Å². The van der Waals surface area contributed by atoms with Gasteiger partial charge in [0.1, 0.15) is 0 Å². The van der Waals surface area contributed by atoms with Gasteiger partial charge >= 0.3 is 0 Å². The van der Waals surface area contributed by atoms with Crippen LogP contribution in [-0.2, 0) is 0 Å². The van der Waals surface area contributed by atoms with E-state index in [9.17, 15) is 0 Å². The number of hydrogen-bond donors (Lipinski definition) is 0. The summed E-state index contributed by atoms with van der Waals surface area (Å²) in [6.07, 6.45) is 0. The lowest BCUT2D eigenvalue weighted by Gasteiger charge is -2.15. The lowest BCUT2D eigenvalue weighted by atomic mass is 9.89. The molecule has 250 valence electrons. The Labute approximate surface area is 314 Å². The van der Waals surface area contributed by atoms with Crippen LogP contribution in [0.5, 0.6) is 0 Å². The van der Waals surface area contributed by atoms with Crippen LogP contribution in [-0.4, -0.2) is 0 Å². The minimum Gasteiger partial charge on any atom is -0.0616 e. The third-order valence-electron chi connectivity index (χ3n) is 11.4. The predicted molar refractivity (Wildman–Crippen MR) is 233 cm³/mol. The molecular weight excluding hydrogens is 649 g/mol. The lowest BCUT2D eigenvalue weighted by Crippen LogP contribution is -1.88. The first kappa shape index (κ1) is 30.6. The van der Waals surface area contributed by atoms with Gasteiger partial charge in [-0.1, -0.05) is 170 Å². The van der Waals surface area contributed by atoms with Gasteiger partial charge in [-0.15, -0.1) is 0 Å². The van der Waals surface area contributed by atoms with Crippen molar-refractivity contribution in [1.82, 2.24) is 0 Å². The smallest absolute Gasteiger partial charge is 0.00928 e. The van der Waals surface area contributed by atoms with E-state index in [1.54, 1.807) is 0 Å². The van der Waals surface area contributed by atoms with Crippen LogP contribution in [0.4, 0.5) is 0 Å². The van der Waals surface area contributed by atoms with Gasteiger partial charge in [-0.3, -0.25) is 0 Å². The molecule has 0 aliphatic rings. The molecule has 0 aliphatic heterocycles. The molecule has 54 heavy (non-hydrogen) atoms. The van der Waals surface area contributed by atoms with Crippen molar-refractivity contribution in [3.05, 3.63) is 206 Å². The molecule has 0 nitrogen and oxygen atoms in total. The summed E-state index contributed by atoms with van der Waals surface area (Å²) >= 11 is 0. The van der Waals surface area contributed by atoms with Crippen LogP contribution in [0.25, 0.3) is 109 Å². The number of hydrogen-bond acceptors (Lipinski definition) is 0. The Morgan fingerprint density at radius 3 is 1.22 bits per heavy atom. The standard InChI is InChI=1S/C54H34/c1-2-12-36-29-40(24-23-35(36)11-1)37-13-9-14-38(30-37)41-25-26-44-34-53(49-21-7-6-20-48(49)52(44)32-41)43-16-10-15-39(31-43)42-27-28-51-47-19-4-3-17-45(47)46-18-5-8-22-50(46)54(51)33-42/h1-34H. The van der Waals surface area contributed by atoms with Crippen molar-refractivity contribution in [2.75, 3.05) is 0 Å². The summed E-state index contributed by atoms with van der Waals surface area (Å²) in [6.45, 7) is 0. The third-order valence-corrected chi connectivity index (χ3v) is 11.4. The first-order chi connectivity index (χ1) is 26.7. The van der Waals surface area contributed by atoms with Gasteiger partial charge < -0.3 is 0 Å². The number of benzene rings is 11. The van der Waals surface area contributed by atoms with Crippen LogP contribution in [0.1, 0.15) is 0 Å². The van der Waals surface area contributed by atoms with Crippen LogP contribution in [0.2, 0.25) is 0 Å². The van der Waals surface area contributed by atoms with Crippen LogP contribution < -0.4 is 0 Å². The summed E-state index contributed by atoms with van der Waals surface area (Å²) in [7, 11) is 0. The van der Waals surface area contributed by atoms with Crippen LogP contribution >= 0.6 is 0 Å². The van der Waals surface area contributed by atoms with E-state index in [2.05, 4.69) is 206 Å². The molecule has 0 saturated heterocycles. The molecule has 0 radical (unpaired) electrons. The molecule has 0 saturated carbocycles. The maximum Gasteiger partial charge on any atom is -0.00928 e. The van der Waals surface area contributed by atoms with E-state index in [-0.39, 0.29) is 0 Å². The molecule has 0 heteroatoms. The Bertz CT molecular complexity index is 3240. The zero-order valence-corrected chi connectivity index (χ0v) is 29.6. The zero-order valence-electron chi connectivity index (χ0n) is 29.6. The lowest BCUT2D eigenvalue weighted by molar-refractivity contribution is 1.61. The summed E-state index contributed by atoms with van der Waals surface area (Å²) in [4.78, 5) is 0. The molecular formula is C54H34. The average molecular weight is 683 g/mol. The van der Waals surface area contributed by atoms with E-state index in [1.807, 2.05) is 0 Å². The van der Waals surface area contributed by atoms with E-state index >= 15 is 0 Å². The first-order valence-corrected chi connectivity index (χ1v) is 18.7. The topological polar surface area (TPSA) is 0 Å². The van der Waals surface area contributed by atoms with Crippen molar-refractivity contribution >= 4 is 64.6 Å². The molecule has 0 aliphatic carbocycles. The summed E-state index contributed by atoms with van der Waals surface area (Å²) in [5.41, 5.74) is 9.83. The van der Waals surface area contributed by atoms with Gasteiger partial charge in [0.05, 0.1) is 0 Å². The average Bonchev–Trinajstić information content (AvgIpc) is 3.26. The molecule has 0 fully saturated rings. The first-order valence-electron chi connectivity index (χ1n) is 18.7. The molecule has 11 rings (SSSR count). The molecule has 0 spiro atoms. The second-order valence-electron chi connectivity index (χ2n) is 14.5. The van der Waals surface area contributed by atoms with Crippen LogP contribution in [0, 0.1) is 0 Å². The SMILES string of the molecule is c1cc(-c2ccc3ccccc3c2)cc(-c2ccc3cc(-c4cccc(-c5ccc6c7ccccc7c7ccccc7c6c5)c4)c4ccccc4c3c2)c1. The molecule has 11 aromatic rings. The summed E-state index contributed by atoms with van der Waals surface area (Å²) in [5.74, 6) is 0. The van der Waals surface area contributed by atoms with E-state index in [4.69, 9.17) is 0 Å². The molecule has 0 amide bonds. The van der Waals surface area contributed by atoms with Crippen molar-refractivity contribution in [3.8, 4) is 44.5 Å². The highest BCUT2D eigenvalue weighted by Crippen LogP contribution is 2.40. The highest BCUT2D eigenvalue weighted by molar-refractivity contribution is 6.25. The molecule has 0 aromatic heterocycles. The van der Waals surface area contributed by atoms with Gasteiger partial charge in [-0.2, -0.15) is 0 Å². The van der Waals surface area contributed by atoms with Crippen molar-refractivity contribution in [3.63, 3.8) is 0 Å². The largest absolute Gasteiger partial charge is 0.0616 e. The third kappa shape index (κ3) is 4.99. The van der Waals surface area contributed by atoms with Crippen molar-refractivity contribution in [2.24, 2.45) is 0 Å². The molecule has 0 unspecified atom stereocenters. The number of rotatable bonds is 4.